The van der Waals surface area contributed by atoms with Gasteiger partial charge < -0.3 is 20.7 Å². The van der Waals surface area contributed by atoms with Crippen molar-refractivity contribution in [2.45, 2.75) is 26.3 Å². The third-order valence-corrected chi connectivity index (χ3v) is 5.90. The number of morpholine rings is 1. The SMILES string of the molecule is CCNC(=NCC(c1cccs1)N1CCOCC1)NCCC(=O)Nc1cccc(C)n1. The van der Waals surface area contributed by atoms with E-state index in [1.165, 1.54) is 4.88 Å². The van der Waals surface area contributed by atoms with Crippen LogP contribution in [0, 0.1) is 6.92 Å². The number of ether oxygens (including phenoxy) is 1. The lowest BCUT2D eigenvalue weighted by molar-refractivity contribution is -0.116. The van der Waals surface area contributed by atoms with E-state index in [9.17, 15) is 4.79 Å². The molecule has 0 aromatic carbocycles. The molecule has 1 atom stereocenters. The van der Waals surface area contributed by atoms with E-state index in [2.05, 4.69) is 43.3 Å². The summed E-state index contributed by atoms with van der Waals surface area (Å²) in [5, 5.41) is 11.5. The summed E-state index contributed by atoms with van der Waals surface area (Å²) in [5.74, 6) is 1.22. The number of thiophene rings is 1. The number of carbonyl (C=O) groups excluding carboxylic acids is 1. The van der Waals surface area contributed by atoms with Crippen molar-refractivity contribution < 1.29 is 9.53 Å². The minimum absolute atomic E-state index is 0.0776. The fourth-order valence-electron chi connectivity index (χ4n) is 3.39. The van der Waals surface area contributed by atoms with Gasteiger partial charge in [-0.1, -0.05) is 12.1 Å². The fourth-order valence-corrected chi connectivity index (χ4v) is 4.24. The van der Waals surface area contributed by atoms with Crippen LogP contribution in [0.4, 0.5) is 5.82 Å². The number of carbonyl (C=O) groups is 1. The largest absolute Gasteiger partial charge is 0.379 e. The molecule has 0 aliphatic carbocycles. The molecule has 0 radical (unpaired) electrons. The molecule has 3 rings (SSSR count). The van der Waals surface area contributed by atoms with Crippen LogP contribution < -0.4 is 16.0 Å². The Morgan fingerprint density at radius 3 is 2.81 bits per heavy atom. The van der Waals surface area contributed by atoms with Crippen molar-refractivity contribution in [1.82, 2.24) is 20.5 Å². The smallest absolute Gasteiger partial charge is 0.227 e. The van der Waals surface area contributed by atoms with Crippen LogP contribution in [0.25, 0.3) is 0 Å². The fraction of sp³-hybridized carbons (Fsp3) is 0.500. The Morgan fingerprint density at radius 1 is 1.26 bits per heavy atom. The number of amides is 1. The van der Waals surface area contributed by atoms with Crippen LogP contribution >= 0.6 is 11.3 Å². The van der Waals surface area contributed by atoms with E-state index in [1.54, 1.807) is 17.4 Å². The van der Waals surface area contributed by atoms with Gasteiger partial charge in [-0.2, -0.15) is 0 Å². The van der Waals surface area contributed by atoms with Crippen molar-refractivity contribution in [3.05, 3.63) is 46.3 Å². The molecule has 1 aliphatic heterocycles. The van der Waals surface area contributed by atoms with Gasteiger partial charge in [0.05, 0.1) is 25.8 Å². The molecule has 1 unspecified atom stereocenters. The molecular formula is C22H32N6O2S. The highest BCUT2D eigenvalue weighted by molar-refractivity contribution is 7.10. The molecular weight excluding hydrogens is 412 g/mol. The maximum absolute atomic E-state index is 12.2. The Balaban J connectivity index is 1.53. The highest BCUT2D eigenvalue weighted by atomic mass is 32.1. The van der Waals surface area contributed by atoms with Crippen LogP contribution in [0.15, 0.2) is 40.7 Å². The number of guanidine groups is 1. The van der Waals surface area contributed by atoms with Crippen molar-refractivity contribution >= 4 is 29.0 Å². The van der Waals surface area contributed by atoms with Gasteiger partial charge >= 0.3 is 0 Å². The number of nitrogens with one attached hydrogen (secondary N) is 3. The highest BCUT2D eigenvalue weighted by Crippen LogP contribution is 2.26. The maximum atomic E-state index is 12.2. The van der Waals surface area contributed by atoms with Gasteiger partial charge in [0.15, 0.2) is 5.96 Å². The van der Waals surface area contributed by atoms with Gasteiger partial charge in [0.25, 0.3) is 0 Å². The quantitative estimate of drug-likeness (QED) is 0.406. The van der Waals surface area contributed by atoms with Gasteiger partial charge in [-0.05, 0) is 37.4 Å². The molecule has 1 aliphatic rings. The number of hydrogen-bond donors (Lipinski definition) is 3. The normalized spacial score (nSPS) is 16.0. The number of aryl methyl sites for hydroxylation is 1. The topological polar surface area (TPSA) is 90.9 Å². The number of aromatic nitrogens is 1. The third kappa shape index (κ3) is 7.61. The molecule has 8 nitrogen and oxygen atoms in total. The summed E-state index contributed by atoms with van der Waals surface area (Å²) in [7, 11) is 0. The molecule has 1 fully saturated rings. The Hall–Kier alpha value is -2.49. The Bertz CT molecular complexity index is 836. The minimum atomic E-state index is -0.0776. The lowest BCUT2D eigenvalue weighted by Gasteiger charge is -2.33. The van der Waals surface area contributed by atoms with Crippen molar-refractivity contribution in [2.75, 3.05) is 51.3 Å². The highest BCUT2D eigenvalue weighted by Gasteiger charge is 2.23. The van der Waals surface area contributed by atoms with E-state index in [0.717, 1.165) is 44.5 Å². The molecule has 1 amide bonds. The van der Waals surface area contributed by atoms with E-state index >= 15 is 0 Å². The second-order valence-electron chi connectivity index (χ2n) is 7.29. The molecule has 0 saturated carbocycles. The van der Waals surface area contributed by atoms with E-state index < -0.39 is 0 Å². The van der Waals surface area contributed by atoms with Gasteiger partial charge in [0.1, 0.15) is 5.82 Å². The molecule has 0 spiro atoms. The first-order valence-corrected chi connectivity index (χ1v) is 11.6. The second kappa shape index (κ2) is 12.4. The Labute approximate surface area is 188 Å². The van der Waals surface area contributed by atoms with E-state index in [0.29, 0.717) is 25.3 Å². The average molecular weight is 445 g/mol. The van der Waals surface area contributed by atoms with Gasteiger partial charge in [-0.25, -0.2) is 4.98 Å². The van der Waals surface area contributed by atoms with Crippen molar-refractivity contribution in [3.63, 3.8) is 0 Å². The van der Waals surface area contributed by atoms with Crippen LogP contribution in [0.5, 0.6) is 0 Å². The number of aliphatic imine (C=N–C) groups is 1. The molecule has 3 N–H and O–H groups in total. The molecule has 2 aromatic heterocycles. The van der Waals surface area contributed by atoms with Crippen LogP contribution in [0.2, 0.25) is 0 Å². The van der Waals surface area contributed by atoms with E-state index in [1.807, 2.05) is 26.0 Å². The summed E-state index contributed by atoms with van der Waals surface area (Å²) in [6.45, 7) is 9.17. The number of anilines is 1. The van der Waals surface area contributed by atoms with Crippen LogP contribution in [0.3, 0.4) is 0 Å². The van der Waals surface area contributed by atoms with Crippen molar-refractivity contribution in [1.29, 1.82) is 0 Å². The average Bonchev–Trinajstić information content (AvgIpc) is 3.29. The maximum Gasteiger partial charge on any atom is 0.227 e. The predicted molar refractivity (Wildman–Crippen MR) is 126 cm³/mol. The summed E-state index contributed by atoms with van der Waals surface area (Å²) < 4.78 is 5.51. The Morgan fingerprint density at radius 2 is 2.10 bits per heavy atom. The second-order valence-corrected chi connectivity index (χ2v) is 8.27. The van der Waals surface area contributed by atoms with Crippen LogP contribution in [-0.2, 0) is 9.53 Å². The molecule has 3 heterocycles. The third-order valence-electron chi connectivity index (χ3n) is 4.92. The molecule has 9 heteroatoms. The lowest BCUT2D eigenvalue weighted by Crippen LogP contribution is -2.42. The lowest BCUT2D eigenvalue weighted by atomic mass is 10.2. The van der Waals surface area contributed by atoms with E-state index in [4.69, 9.17) is 9.73 Å². The van der Waals surface area contributed by atoms with Crippen LogP contribution in [0.1, 0.15) is 30.0 Å². The van der Waals surface area contributed by atoms with Crippen molar-refractivity contribution in [2.24, 2.45) is 4.99 Å². The zero-order valence-corrected chi connectivity index (χ0v) is 19.1. The molecule has 1 saturated heterocycles. The first kappa shape index (κ1) is 23.2. The predicted octanol–water partition coefficient (Wildman–Crippen LogP) is 2.41. The van der Waals surface area contributed by atoms with Gasteiger partial charge in [0, 0.05) is 43.2 Å². The molecule has 2 aromatic rings. The van der Waals surface area contributed by atoms with Crippen LogP contribution in [-0.4, -0.2) is 67.7 Å². The summed E-state index contributed by atoms with van der Waals surface area (Å²) >= 11 is 1.76. The molecule has 31 heavy (non-hydrogen) atoms. The molecule has 168 valence electrons. The standard InChI is InChI=1S/C22H32N6O2S/c1-3-23-22(24-10-9-21(29)27-20-8-4-6-17(2)26-20)25-16-18(19-7-5-15-31-19)28-11-13-30-14-12-28/h4-8,15,18H,3,9-14,16H2,1-2H3,(H2,23,24,25)(H,26,27,29). The molecule has 0 bridgehead atoms. The van der Waals surface area contributed by atoms with E-state index in [-0.39, 0.29) is 11.9 Å². The summed E-state index contributed by atoms with van der Waals surface area (Å²) in [5.41, 5.74) is 0.873. The first-order valence-electron chi connectivity index (χ1n) is 10.8. The minimum Gasteiger partial charge on any atom is -0.379 e. The monoisotopic (exact) mass is 444 g/mol. The summed E-state index contributed by atoms with van der Waals surface area (Å²) in [4.78, 5) is 25.1. The Kier molecular flexibility index (Phi) is 9.26. The zero-order chi connectivity index (χ0) is 21.9. The zero-order valence-electron chi connectivity index (χ0n) is 18.3. The number of hydrogen-bond acceptors (Lipinski definition) is 6. The van der Waals surface area contributed by atoms with Gasteiger partial charge in [0.2, 0.25) is 5.91 Å². The number of pyridine rings is 1. The van der Waals surface area contributed by atoms with Crippen molar-refractivity contribution in [3.8, 4) is 0 Å². The van der Waals surface area contributed by atoms with Gasteiger partial charge in [-0.15, -0.1) is 11.3 Å². The van der Waals surface area contributed by atoms with Gasteiger partial charge in [-0.3, -0.25) is 14.7 Å². The first-order chi connectivity index (χ1) is 15.2. The summed E-state index contributed by atoms with van der Waals surface area (Å²) in [6.07, 6.45) is 0.331. The summed E-state index contributed by atoms with van der Waals surface area (Å²) in [6, 6.07) is 10.1. The number of nitrogens with zero attached hydrogens (tertiary/aromatic N) is 3. The number of rotatable bonds is 9.